The minimum Gasteiger partial charge on any atom is -0.496 e. The number of nitrogens with zero attached hydrogens (tertiary/aromatic N) is 2. The summed E-state index contributed by atoms with van der Waals surface area (Å²) in [5.74, 6) is 1.82. The number of para-hydroxylation sites is 1. The Morgan fingerprint density at radius 3 is 2.68 bits per heavy atom. The summed E-state index contributed by atoms with van der Waals surface area (Å²) in [6, 6.07) is 8.12. The Morgan fingerprint density at radius 2 is 2.00 bits per heavy atom. The van der Waals surface area contributed by atoms with E-state index in [1.807, 2.05) is 18.2 Å². The van der Waals surface area contributed by atoms with Gasteiger partial charge in [-0.1, -0.05) is 25.1 Å². The van der Waals surface area contributed by atoms with Crippen LogP contribution in [0, 0.1) is 0 Å². The molecule has 5 heteroatoms. The topological polar surface area (TPSA) is 48.9 Å². The molecule has 1 aromatic carbocycles. The SMILES string of the molecule is CCNC(=NCCN(C)CC)NCCc1ccccc1OC. The second-order valence-corrected chi connectivity index (χ2v) is 5.15. The minimum atomic E-state index is 0.800. The third-order valence-electron chi connectivity index (χ3n) is 3.52. The molecule has 0 atom stereocenters. The highest BCUT2D eigenvalue weighted by molar-refractivity contribution is 5.79. The maximum Gasteiger partial charge on any atom is 0.191 e. The second-order valence-electron chi connectivity index (χ2n) is 5.15. The Morgan fingerprint density at radius 1 is 1.23 bits per heavy atom. The standard InChI is InChI=1S/C17H30N4O/c1-5-18-17(20-13-14-21(3)6-2)19-12-11-15-9-7-8-10-16(15)22-4/h7-10H,5-6,11-14H2,1-4H3,(H2,18,19,20). The van der Waals surface area contributed by atoms with Gasteiger partial charge in [0.25, 0.3) is 0 Å². The zero-order valence-electron chi connectivity index (χ0n) is 14.4. The van der Waals surface area contributed by atoms with E-state index in [2.05, 4.69) is 47.5 Å². The van der Waals surface area contributed by atoms with Crippen LogP contribution in [0.5, 0.6) is 5.75 Å². The van der Waals surface area contributed by atoms with Crippen LogP contribution in [-0.2, 0) is 6.42 Å². The molecule has 0 aromatic heterocycles. The molecule has 0 aliphatic rings. The smallest absolute Gasteiger partial charge is 0.191 e. The van der Waals surface area contributed by atoms with Crippen LogP contribution >= 0.6 is 0 Å². The first-order valence-corrected chi connectivity index (χ1v) is 8.03. The molecule has 0 amide bonds. The summed E-state index contributed by atoms with van der Waals surface area (Å²) in [6.07, 6.45) is 0.906. The Kier molecular flexibility index (Phi) is 9.07. The number of hydrogen-bond donors (Lipinski definition) is 2. The molecule has 0 aliphatic heterocycles. The highest BCUT2D eigenvalue weighted by Crippen LogP contribution is 2.17. The van der Waals surface area contributed by atoms with Gasteiger partial charge in [-0.2, -0.15) is 0 Å². The van der Waals surface area contributed by atoms with Gasteiger partial charge in [-0.3, -0.25) is 4.99 Å². The number of guanidine groups is 1. The van der Waals surface area contributed by atoms with E-state index in [9.17, 15) is 0 Å². The molecule has 1 rings (SSSR count). The van der Waals surface area contributed by atoms with Crippen molar-refractivity contribution in [3.63, 3.8) is 0 Å². The lowest BCUT2D eigenvalue weighted by Crippen LogP contribution is -2.39. The fourth-order valence-electron chi connectivity index (χ4n) is 2.06. The van der Waals surface area contributed by atoms with Crippen molar-refractivity contribution in [2.45, 2.75) is 20.3 Å². The van der Waals surface area contributed by atoms with Crippen LogP contribution in [0.1, 0.15) is 19.4 Å². The van der Waals surface area contributed by atoms with Crippen LogP contribution in [-0.4, -0.2) is 57.7 Å². The van der Waals surface area contributed by atoms with E-state index in [0.29, 0.717) is 0 Å². The van der Waals surface area contributed by atoms with Gasteiger partial charge < -0.3 is 20.3 Å². The lowest BCUT2D eigenvalue weighted by atomic mass is 10.1. The normalized spacial score (nSPS) is 11.6. The first-order chi connectivity index (χ1) is 10.7. The maximum absolute atomic E-state index is 5.37. The van der Waals surface area contributed by atoms with Gasteiger partial charge in [0, 0.05) is 19.6 Å². The van der Waals surface area contributed by atoms with Crippen molar-refractivity contribution in [2.75, 3.05) is 46.9 Å². The molecule has 0 saturated heterocycles. The highest BCUT2D eigenvalue weighted by Gasteiger charge is 2.02. The van der Waals surface area contributed by atoms with Gasteiger partial charge in [-0.15, -0.1) is 0 Å². The lowest BCUT2D eigenvalue weighted by molar-refractivity contribution is 0.363. The monoisotopic (exact) mass is 306 g/mol. The maximum atomic E-state index is 5.37. The molecule has 0 radical (unpaired) electrons. The van der Waals surface area contributed by atoms with Crippen molar-refractivity contribution in [3.05, 3.63) is 29.8 Å². The van der Waals surface area contributed by atoms with E-state index in [4.69, 9.17) is 4.74 Å². The minimum absolute atomic E-state index is 0.800. The zero-order chi connectivity index (χ0) is 16.2. The van der Waals surface area contributed by atoms with Crippen molar-refractivity contribution in [1.82, 2.24) is 15.5 Å². The average molecular weight is 306 g/mol. The Balaban J connectivity index is 2.45. The van der Waals surface area contributed by atoms with Crippen LogP contribution in [0.3, 0.4) is 0 Å². The van der Waals surface area contributed by atoms with E-state index in [-0.39, 0.29) is 0 Å². The Bertz CT molecular complexity index is 448. The molecule has 0 bridgehead atoms. The molecule has 0 unspecified atom stereocenters. The Labute approximate surface area is 134 Å². The predicted molar refractivity (Wildman–Crippen MR) is 93.9 cm³/mol. The molecular formula is C17H30N4O. The third-order valence-corrected chi connectivity index (χ3v) is 3.52. The fourth-order valence-corrected chi connectivity index (χ4v) is 2.06. The largest absolute Gasteiger partial charge is 0.496 e. The number of nitrogens with one attached hydrogen (secondary N) is 2. The molecule has 0 aliphatic carbocycles. The quantitative estimate of drug-likeness (QED) is 0.539. The van der Waals surface area contributed by atoms with Gasteiger partial charge in [0.2, 0.25) is 0 Å². The molecule has 5 nitrogen and oxygen atoms in total. The van der Waals surface area contributed by atoms with E-state index in [0.717, 1.165) is 50.9 Å². The average Bonchev–Trinajstić information content (AvgIpc) is 2.55. The summed E-state index contributed by atoms with van der Waals surface area (Å²) >= 11 is 0. The number of benzene rings is 1. The number of ether oxygens (including phenoxy) is 1. The number of rotatable bonds is 9. The van der Waals surface area contributed by atoms with Crippen LogP contribution in [0.15, 0.2) is 29.3 Å². The number of aliphatic imine (C=N–C) groups is 1. The molecular weight excluding hydrogens is 276 g/mol. The van der Waals surface area contributed by atoms with Gasteiger partial charge in [-0.25, -0.2) is 0 Å². The van der Waals surface area contributed by atoms with Gasteiger partial charge in [0.05, 0.1) is 13.7 Å². The number of hydrogen-bond acceptors (Lipinski definition) is 3. The van der Waals surface area contributed by atoms with Crippen molar-refractivity contribution in [1.29, 1.82) is 0 Å². The second kappa shape index (κ2) is 10.9. The molecule has 1 aromatic rings. The van der Waals surface area contributed by atoms with Crippen molar-refractivity contribution in [3.8, 4) is 5.75 Å². The van der Waals surface area contributed by atoms with E-state index in [1.54, 1.807) is 7.11 Å². The summed E-state index contributed by atoms with van der Waals surface area (Å²) in [7, 11) is 3.82. The van der Waals surface area contributed by atoms with Crippen LogP contribution < -0.4 is 15.4 Å². The summed E-state index contributed by atoms with van der Waals surface area (Å²) < 4.78 is 5.37. The van der Waals surface area contributed by atoms with Gasteiger partial charge in [-0.05, 0) is 38.6 Å². The number of likely N-dealkylation sites (N-methyl/N-ethyl adjacent to an activating group) is 1. The Hall–Kier alpha value is -1.75. The predicted octanol–water partition coefficient (Wildman–Crippen LogP) is 1.74. The van der Waals surface area contributed by atoms with E-state index < -0.39 is 0 Å². The summed E-state index contributed by atoms with van der Waals surface area (Å²) in [5, 5.41) is 6.66. The first-order valence-electron chi connectivity index (χ1n) is 8.03. The third kappa shape index (κ3) is 6.80. The summed E-state index contributed by atoms with van der Waals surface area (Å²) in [5.41, 5.74) is 1.21. The molecule has 0 heterocycles. The summed E-state index contributed by atoms with van der Waals surface area (Å²) in [6.45, 7) is 8.75. The molecule has 0 saturated carbocycles. The zero-order valence-corrected chi connectivity index (χ0v) is 14.4. The van der Waals surface area contributed by atoms with Crippen molar-refractivity contribution >= 4 is 5.96 Å². The van der Waals surface area contributed by atoms with Crippen LogP contribution in [0.25, 0.3) is 0 Å². The fraction of sp³-hybridized carbons (Fsp3) is 0.588. The van der Waals surface area contributed by atoms with Gasteiger partial charge in [0.15, 0.2) is 5.96 Å². The van der Waals surface area contributed by atoms with E-state index in [1.165, 1.54) is 5.56 Å². The van der Waals surface area contributed by atoms with Crippen LogP contribution in [0.2, 0.25) is 0 Å². The summed E-state index contributed by atoms with van der Waals surface area (Å²) in [4.78, 5) is 6.85. The lowest BCUT2D eigenvalue weighted by Gasteiger charge is -2.14. The highest BCUT2D eigenvalue weighted by atomic mass is 16.5. The number of methoxy groups -OCH3 is 1. The van der Waals surface area contributed by atoms with Crippen LogP contribution in [0.4, 0.5) is 0 Å². The molecule has 0 spiro atoms. The molecule has 2 N–H and O–H groups in total. The van der Waals surface area contributed by atoms with Crippen molar-refractivity contribution in [2.24, 2.45) is 4.99 Å². The molecule has 22 heavy (non-hydrogen) atoms. The van der Waals surface area contributed by atoms with Gasteiger partial charge >= 0.3 is 0 Å². The molecule has 124 valence electrons. The van der Waals surface area contributed by atoms with E-state index >= 15 is 0 Å². The first kappa shape index (κ1) is 18.3. The molecule has 0 fully saturated rings. The van der Waals surface area contributed by atoms with Gasteiger partial charge in [0.1, 0.15) is 5.75 Å². The van der Waals surface area contributed by atoms with Crippen molar-refractivity contribution < 1.29 is 4.74 Å².